The molecule has 59 heavy (non-hydrogen) atoms. The molecule has 6 rings (SSSR count). The van der Waals surface area contributed by atoms with Gasteiger partial charge in [-0.1, -0.05) is 154 Å². The summed E-state index contributed by atoms with van der Waals surface area (Å²) in [5.41, 5.74) is 3.74. The molecule has 0 aliphatic heterocycles. The van der Waals surface area contributed by atoms with Crippen LogP contribution < -0.4 is 0 Å². The molecule has 6 saturated carbocycles. The molecule has 0 saturated heterocycles. The Kier molecular flexibility index (Phi) is 21.9. The first-order valence-corrected chi connectivity index (χ1v) is 28.1. The SMILES string of the molecule is CCCCC[C@H]1CC[C@H](C(=CCOCC=C([C@H]2CC[C@H](CCCCC)CC2)[C@H]2CC[C@H]([C@H]3CC[C@H](CCC)CC3)CC2)[C@H]2CC[C@H]([C@H]3CC[C@H](CCC)CC3)CC2)CC1. The average molecular weight is 815 g/mol. The molecule has 1 nitrogen and oxygen atoms in total. The highest BCUT2D eigenvalue weighted by Crippen LogP contribution is 2.49. The lowest BCUT2D eigenvalue weighted by Crippen LogP contribution is -2.28. The Morgan fingerprint density at radius 3 is 0.898 bits per heavy atom. The third kappa shape index (κ3) is 15.3. The minimum absolute atomic E-state index is 0.836. The van der Waals surface area contributed by atoms with Crippen LogP contribution in [0.25, 0.3) is 0 Å². The number of ether oxygens (including phenoxy) is 1. The highest BCUT2D eigenvalue weighted by atomic mass is 16.5. The lowest BCUT2D eigenvalue weighted by Gasteiger charge is -2.40. The summed E-state index contributed by atoms with van der Waals surface area (Å²) in [7, 11) is 0. The van der Waals surface area contributed by atoms with E-state index in [9.17, 15) is 0 Å². The van der Waals surface area contributed by atoms with Crippen LogP contribution in [0.3, 0.4) is 0 Å². The number of hydrogen-bond acceptors (Lipinski definition) is 1. The number of hydrogen-bond donors (Lipinski definition) is 0. The molecule has 0 unspecified atom stereocenters. The van der Waals surface area contributed by atoms with Crippen LogP contribution in [-0.2, 0) is 4.74 Å². The maximum atomic E-state index is 6.77. The van der Waals surface area contributed by atoms with Crippen molar-refractivity contribution in [3.63, 3.8) is 0 Å². The molecule has 0 atom stereocenters. The van der Waals surface area contributed by atoms with Gasteiger partial charge in [-0.15, -0.1) is 0 Å². The van der Waals surface area contributed by atoms with E-state index in [0.717, 1.165) is 84.2 Å². The Morgan fingerprint density at radius 1 is 0.322 bits per heavy atom. The van der Waals surface area contributed by atoms with Crippen molar-refractivity contribution in [2.24, 2.45) is 71.0 Å². The van der Waals surface area contributed by atoms with Crippen molar-refractivity contribution in [3.8, 4) is 0 Å². The molecular formula is C58H102O. The van der Waals surface area contributed by atoms with Gasteiger partial charge in [0, 0.05) is 0 Å². The molecule has 0 bridgehead atoms. The van der Waals surface area contributed by atoms with Crippen LogP contribution >= 0.6 is 0 Å². The van der Waals surface area contributed by atoms with Crippen LogP contribution in [0.15, 0.2) is 23.3 Å². The van der Waals surface area contributed by atoms with E-state index in [1.54, 1.807) is 0 Å². The monoisotopic (exact) mass is 815 g/mol. The fraction of sp³-hybridized carbons (Fsp3) is 0.931. The average Bonchev–Trinajstić information content (AvgIpc) is 3.28. The predicted octanol–water partition coefficient (Wildman–Crippen LogP) is 18.5. The molecule has 0 aromatic rings. The summed E-state index contributed by atoms with van der Waals surface area (Å²) in [5.74, 6) is 11.5. The summed E-state index contributed by atoms with van der Waals surface area (Å²) in [6, 6.07) is 0. The standard InChI is InChI=1S/C58H102O/c1-5-9-11-15-47-21-29-53(30-22-47)57(55-37-33-51(34-38-55)49-25-17-45(13-7-3)18-26-49)41-43-59-44-42-58(54-31-23-48(24-32-54)16-12-10-6-2)56-39-35-52(36-40-56)50-27-19-46(14-8-4)20-28-50/h41-42,45-56H,5-40,43-44H2,1-4H3/t45-,46-,47-,48-,49-,50-,51-,52-,53-,54-,55-,56-. The van der Waals surface area contributed by atoms with Gasteiger partial charge in [-0.05, 0) is 199 Å². The van der Waals surface area contributed by atoms with Gasteiger partial charge in [-0.3, -0.25) is 0 Å². The van der Waals surface area contributed by atoms with E-state index in [1.165, 1.54) is 231 Å². The molecule has 0 heterocycles. The first-order chi connectivity index (χ1) is 29.1. The van der Waals surface area contributed by atoms with Crippen molar-refractivity contribution in [2.75, 3.05) is 13.2 Å². The van der Waals surface area contributed by atoms with E-state index >= 15 is 0 Å². The topological polar surface area (TPSA) is 9.23 Å². The zero-order chi connectivity index (χ0) is 41.1. The maximum Gasteiger partial charge on any atom is 0.0654 e. The Labute approximate surface area is 369 Å². The summed E-state index contributed by atoms with van der Waals surface area (Å²) in [6.07, 6.45) is 58.6. The molecule has 6 fully saturated rings. The van der Waals surface area contributed by atoms with Crippen LogP contribution in [0.1, 0.15) is 259 Å². The zero-order valence-corrected chi connectivity index (χ0v) is 40.4. The van der Waals surface area contributed by atoms with Crippen molar-refractivity contribution < 1.29 is 4.74 Å². The highest BCUT2D eigenvalue weighted by Gasteiger charge is 2.36. The molecule has 0 spiro atoms. The minimum Gasteiger partial charge on any atom is -0.373 e. The van der Waals surface area contributed by atoms with Gasteiger partial charge < -0.3 is 4.74 Å². The van der Waals surface area contributed by atoms with Crippen LogP contribution in [0.4, 0.5) is 0 Å². The number of allylic oxidation sites excluding steroid dienone is 2. The fourth-order valence-corrected chi connectivity index (χ4v) is 15.2. The third-order valence-corrected chi connectivity index (χ3v) is 18.9. The molecular weight excluding hydrogens is 713 g/mol. The van der Waals surface area contributed by atoms with Crippen molar-refractivity contribution in [3.05, 3.63) is 23.3 Å². The summed E-state index contributed by atoms with van der Waals surface area (Å²) in [4.78, 5) is 0. The minimum atomic E-state index is 0.836. The van der Waals surface area contributed by atoms with Gasteiger partial charge in [0.1, 0.15) is 0 Å². The number of unbranched alkanes of at least 4 members (excludes halogenated alkanes) is 4. The molecule has 1 heteroatoms. The van der Waals surface area contributed by atoms with Gasteiger partial charge in [0.15, 0.2) is 0 Å². The molecule has 6 aliphatic rings. The first kappa shape index (κ1) is 47.9. The number of rotatable bonds is 22. The van der Waals surface area contributed by atoms with Gasteiger partial charge >= 0.3 is 0 Å². The first-order valence-electron chi connectivity index (χ1n) is 28.1. The third-order valence-electron chi connectivity index (χ3n) is 18.9. The van der Waals surface area contributed by atoms with Crippen molar-refractivity contribution in [1.82, 2.24) is 0 Å². The Balaban J connectivity index is 1.05. The fourth-order valence-electron chi connectivity index (χ4n) is 15.2. The van der Waals surface area contributed by atoms with Crippen LogP contribution in [0.5, 0.6) is 0 Å². The lowest BCUT2D eigenvalue weighted by atomic mass is 9.65. The molecule has 6 aliphatic carbocycles. The second kappa shape index (κ2) is 26.9. The van der Waals surface area contributed by atoms with Crippen LogP contribution in [0.2, 0.25) is 0 Å². The van der Waals surface area contributed by atoms with E-state index in [-0.39, 0.29) is 0 Å². The van der Waals surface area contributed by atoms with Crippen LogP contribution in [0, 0.1) is 71.0 Å². The second-order valence-electron chi connectivity index (χ2n) is 22.7. The van der Waals surface area contributed by atoms with Gasteiger partial charge in [0.2, 0.25) is 0 Å². The van der Waals surface area contributed by atoms with Gasteiger partial charge in [0.25, 0.3) is 0 Å². The molecule has 0 radical (unpaired) electrons. The van der Waals surface area contributed by atoms with E-state index in [2.05, 4.69) is 39.8 Å². The Morgan fingerprint density at radius 2 is 0.593 bits per heavy atom. The summed E-state index contributed by atoms with van der Waals surface area (Å²) >= 11 is 0. The van der Waals surface area contributed by atoms with Crippen molar-refractivity contribution >= 4 is 0 Å². The summed E-state index contributed by atoms with van der Waals surface area (Å²) in [5, 5.41) is 0. The van der Waals surface area contributed by atoms with E-state index < -0.39 is 0 Å². The zero-order valence-electron chi connectivity index (χ0n) is 40.4. The molecule has 0 aromatic carbocycles. The second-order valence-corrected chi connectivity index (χ2v) is 22.7. The quantitative estimate of drug-likeness (QED) is 0.0781. The molecule has 0 aromatic heterocycles. The molecule has 340 valence electrons. The van der Waals surface area contributed by atoms with E-state index in [4.69, 9.17) is 4.74 Å². The van der Waals surface area contributed by atoms with Crippen molar-refractivity contribution in [2.45, 2.75) is 259 Å². The molecule has 0 amide bonds. The largest absolute Gasteiger partial charge is 0.373 e. The smallest absolute Gasteiger partial charge is 0.0654 e. The predicted molar refractivity (Wildman–Crippen MR) is 258 cm³/mol. The summed E-state index contributed by atoms with van der Waals surface area (Å²) in [6.45, 7) is 11.2. The highest BCUT2D eigenvalue weighted by molar-refractivity contribution is 5.16. The lowest BCUT2D eigenvalue weighted by molar-refractivity contribution is 0.143. The van der Waals surface area contributed by atoms with Gasteiger partial charge in [-0.25, -0.2) is 0 Å². The normalized spacial score (nSPS) is 36.7. The van der Waals surface area contributed by atoms with Gasteiger partial charge in [-0.2, -0.15) is 0 Å². The summed E-state index contributed by atoms with van der Waals surface area (Å²) < 4.78 is 6.77. The Hall–Kier alpha value is -0.560. The van der Waals surface area contributed by atoms with E-state index in [1.807, 2.05) is 11.1 Å². The maximum absolute atomic E-state index is 6.77. The van der Waals surface area contributed by atoms with Gasteiger partial charge in [0.05, 0.1) is 13.2 Å². The van der Waals surface area contributed by atoms with Crippen LogP contribution in [-0.4, -0.2) is 13.2 Å². The Bertz CT molecular complexity index is 1040. The molecule has 0 N–H and O–H groups in total. The van der Waals surface area contributed by atoms with E-state index in [0.29, 0.717) is 0 Å². The van der Waals surface area contributed by atoms with Crippen molar-refractivity contribution in [1.29, 1.82) is 0 Å².